The standard InChI is InChI=1S/C22H25FN2O3/c1-3-25(16-21(26)24-15-18-5-10-19(23)11-6-18)22(27)14-9-17-7-12-20(13-8-17)28-4-2/h5-14H,3-4,15-16H2,1-2H3,(H,24,26). The molecule has 2 rings (SSSR count). The zero-order valence-electron chi connectivity index (χ0n) is 16.2. The lowest BCUT2D eigenvalue weighted by atomic mass is 10.2. The molecule has 0 aliphatic rings. The molecule has 0 radical (unpaired) electrons. The number of benzene rings is 2. The largest absolute Gasteiger partial charge is 0.494 e. The van der Waals surface area contributed by atoms with Crippen LogP contribution in [0.5, 0.6) is 5.75 Å². The summed E-state index contributed by atoms with van der Waals surface area (Å²) >= 11 is 0. The first-order valence-electron chi connectivity index (χ1n) is 9.22. The molecule has 0 aliphatic carbocycles. The van der Waals surface area contributed by atoms with Gasteiger partial charge in [0.25, 0.3) is 0 Å². The fourth-order valence-corrected chi connectivity index (χ4v) is 2.49. The van der Waals surface area contributed by atoms with Crippen molar-refractivity contribution in [2.24, 2.45) is 0 Å². The highest BCUT2D eigenvalue weighted by Crippen LogP contribution is 2.13. The van der Waals surface area contributed by atoms with Gasteiger partial charge in [-0.1, -0.05) is 24.3 Å². The molecule has 0 saturated carbocycles. The van der Waals surface area contributed by atoms with Gasteiger partial charge in [-0.2, -0.15) is 0 Å². The van der Waals surface area contributed by atoms with Gasteiger partial charge < -0.3 is 15.0 Å². The third-order valence-electron chi connectivity index (χ3n) is 4.04. The summed E-state index contributed by atoms with van der Waals surface area (Å²) in [5.74, 6) is -0.0570. The maximum Gasteiger partial charge on any atom is 0.247 e. The monoisotopic (exact) mass is 384 g/mol. The molecule has 0 saturated heterocycles. The van der Waals surface area contributed by atoms with Crippen LogP contribution in [0.4, 0.5) is 4.39 Å². The van der Waals surface area contributed by atoms with E-state index in [0.29, 0.717) is 13.2 Å². The lowest BCUT2D eigenvalue weighted by molar-refractivity contribution is -0.132. The van der Waals surface area contributed by atoms with Crippen molar-refractivity contribution in [2.75, 3.05) is 19.7 Å². The molecule has 5 nitrogen and oxygen atoms in total. The first kappa shape index (κ1) is 21.2. The normalized spacial score (nSPS) is 10.7. The summed E-state index contributed by atoms with van der Waals surface area (Å²) in [6, 6.07) is 13.3. The van der Waals surface area contributed by atoms with Gasteiger partial charge in [0.05, 0.1) is 13.2 Å². The van der Waals surface area contributed by atoms with Crippen LogP contribution in [0.15, 0.2) is 54.6 Å². The average Bonchev–Trinajstić information content (AvgIpc) is 2.71. The quantitative estimate of drug-likeness (QED) is 0.674. The topological polar surface area (TPSA) is 58.6 Å². The molecule has 148 valence electrons. The van der Waals surface area contributed by atoms with Crippen molar-refractivity contribution in [3.63, 3.8) is 0 Å². The Morgan fingerprint density at radius 2 is 1.75 bits per heavy atom. The van der Waals surface area contributed by atoms with E-state index in [-0.39, 0.29) is 30.7 Å². The second-order valence-corrected chi connectivity index (χ2v) is 6.09. The Kier molecular flexibility index (Phi) is 8.21. The minimum Gasteiger partial charge on any atom is -0.494 e. The fourth-order valence-electron chi connectivity index (χ4n) is 2.49. The molecule has 0 aliphatic heterocycles. The molecule has 0 spiro atoms. The van der Waals surface area contributed by atoms with Gasteiger partial charge in [-0.3, -0.25) is 9.59 Å². The van der Waals surface area contributed by atoms with Crippen molar-refractivity contribution in [3.05, 3.63) is 71.6 Å². The predicted octanol–water partition coefficient (Wildman–Crippen LogP) is 3.40. The number of hydrogen-bond donors (Lipinski definition) is 1. The van der Waals surface area contributed by atoms with Gasteiger partial charge in [0.2, 0.25) is 11.8 Å². The molecule has 0 fully saturated rings. The molecular formula is C22H25FN2O3. The molecule has 0 bridgehead atoms. The number of amides is 2. The Labute approximate surface area is 164 Å². The van der Waals surface area contributed by atoms with Crippen molar-refractivity contribution in [1.29, 1.82) is 0 Å². The third-order valence-corrected chi connectivity index (χ3v) is 4.04. The van der Waals surface area contributed by atoms with Crippen LogP contribution in [-0.4, -0.2) is 36.4 Å². The molecule has 0 heterocycles. The van der Waals surface area contributed by atoms with E-state index >= 15 is 0 Å². The van der Waals surface area contributed by atoms with Gasteiger partial charge in [0.1, 0.15) is 11.6 Å². The molecule has 2 aromatic rings. The summed E-state index contributed by atoms with van der Waals surface area (Å²) in [5.41, 5.74) is 1.66. The molecule has 0 unspecified atom stereocenters. The van der Waals surface area contributed by atoms with Crippen LogP contribution >= 0.6 is 0 Å². The van der Waals surface area contributed by atoms with Crippen molar-refractivity contribution < 1.29 is 18.7 Å². The fraction of sp³-hybridized carbons (Fsp3) is 0.273. The Bertz CT molecular complexity index is 802. The lowest BCUT2D eigenvalue weighted by Gasteiger charge is -2.18. The van der Waals surface area contributed by atoms with E-state index in [2.05, 4.69) is 5.32 Å². The highest BCUT2D eigenvalue weighted by Gasteiger charge is 2.13. The van der Waals surface area contributed by atoms with E-state index in [1.54, 1.807) is 18.2 Å². The summed E-state index contributed by atoms with van der Waals surface area (Å²) in [6.07, 6.45) is 3.16. The molecule has 1 N–H and O–H groups in total. The zero-order chi connectivity index (χ0) is 20.4. The number of nitrogens with one attached hydrogen (secondary N) is 1. The number of nitrogens with zero attached hydrogens (tertiary/aromatic N) is 1. The molecule has 28 heavy (non-hydrogen) atoms. The Morgan fingerprint density at radius 3 is 2.36 bits per heavy atom. The Balaban J connectivity index is 1.85. The van der Waals surface area contributed by atoms with Crippen LogP contribution in [0.3, 0.4) is 0 Å². The van der Waals surface area contributed by atoms with E-state index in [1.807, 2.05) is 38.1 Å². The summed E-state index contributed by atoms with van der Waals surface area (Å²) in [4.78, 5) is 25.9. The van der Waals surface area contributed by atoms with Crippen LogP contribution in [-0.2, 0) is 16.1 Å². The van der Waals surface area contributed by atoms with Crippen LogP contribution in [0.25, 0.3) is 6.08 Å². The Morgan fingerprint density at radius 1 is 1.07 bits per heavy atom. The highest BCUT2D eigenvalue weighted by molar-refractivity contribution is 5.94. The summed E-state index contributed by atoms with van der Waals surface area (Å²) in [6.45, 7) is 4.99. The van der Waals surface area contributed by atoms with Crippen LogP contribution < -0.4 is 10.1 Å². The van der Waals surface area contributed by atoms with Gasteiger partial charge in [-0.25, -0.2) is 4.39 Å². The number of hydrogen-bond acceptors (Lipinski definition) is 3. The molecule has 0 atom stereocenters. The van der Waals surface area contributed by atoms with E-state index < -0.39 is 0 Å². The second-order valence-electron chi connectivity index (χ2n) is 6.09. The first-order chi connectivity index (χ1) is 13.5. The number of ether oxygens (including phenoxy) is 1. The summed E-state index contributed by atoms with van der Waals surface area (Å²) in [5, 5.41) is 2.74. The average molecular weight is 384 g/mol. The predicted molar refractivity (Wildman–Crippen MR) is 107 cm³/mol. The van der Waals surface area contributed by atoms with Crippen LogP contribution in [0.2, 0.25) is 0 Å². The maximum atomic E-state index is 12.9. The minimum absolute atomic E-state index is 0.0376. The summed E-state index contributed by atoms with van der Waals surface area (Å²) < 4.78 is 18.3. The highest BCUT2D eigenvalue weighted by atomic mass is 19.1. The number of halogens is 1. The third kappa shape index (κ3) is 6.87. The van der Waals surface area contributed by atoms with E-state index in [0.717, 1.165) is 16.9 Å². The zero-order valence-corrected chi connectivity index (χ0v) is 16.2. The van der Waals surface area contributed by atoms with Gasteiger partial charge in [-0.05, 0) is 55.3 Å². The maximum absolute atomic E-state index is 12.9. The number of rotatable bonds is 9. The van der Waals surface area contributed by atoms with E-state index in [9.17, 15) is 14.0 Å². The second kappa shape index (κ2) is 10.9. The van der Waals surface area contributed by atoms with Gasteiger partial charge in [0.15, 0.2) is 0 Å². The van der Waals surface area contributed by atoms with Crippen molar-refractivity contribution >= 4 is 17.9 Å². The van der Waals surface area contributed by atoms with E-state index in [4.69, 9.17) is 4.74 Å². The molecule has 0 aromatic heterocycles. The van der Waals surface area contributed by atoms with Gasteiger partial charge >= 0.3 is 0 Å². The number of carbonyl (C=O) groups is 2. The molecular weight excluding hydrogens is 359 g/mol. The smallest absolute Gasteiger partial charge is 0.247 e. The first-order valence-corrected chi connectivity index (χ1v) is 9.22. The van der Waals surface area contributed by atoms with Crippen molar-refractivity contribution in [2.45, 2.75) is 20.4 Å². The van der Waals surface area contributed by atoms with E-state index in [1.165, 1.54) is 23.1 Å². The number of likely N-dealkylation sites (N-methyl/N-ethyl adjacent to an activating group) is 1. The molecule has 2 aromatic carbocycles. The van der Waals surface area contributed by atoms with Crippen LogP contribution in [0, 0.1) is 5.82 Å². The van der Waals surface area contributed by atoms with Crippen LogP contribution in [0.1, 0.15) is 25.0 Å². The summed E-state index contributed by atoms with van der Waals surface area (Å²) in [7, 11) is 0. The van der Waals surface area contributed by atoms with Gasteiger partial charge in [-0.15, -0.1) is 0 Å². The van der Waals surface area contributed by atoms with Gasteiger partial charge in [0, 0.05) is 19.2 Å². The molecule has 2 amide bonds. The SMILES string of the molecule is CCOc1ccc(C=CC(=O)N(CC)CC(=O)NCc2ccc(F)cc2)cc1. The number of carbonyl (C=O) groups excluding carboxylic acids is 2. The van der Waals surface area contributed by atoms with Crippen molar-refractivity contribution in [3.8, 4) is 5.75 Å². The minimum atomic E-state index is -0.322. The Hall–Kier alpha value is -3.15. The lowest BCUT2D eigenvalue weighted by Crippen LogP contribution is -2.39. The van der Waals surface area contributed by atoms with Crippen molar-refractivity contribution in [1.82, 2.24) is 10.2 Å². The molecule has 6 heteroatoms.